The van der Waals surface area contributed by atoms with E-state index < -0.39 is 0 Å². The SMILES string of the molecule is Cc1cccc2nc(-c3cc(Cl)c(N)c(Cl)c3)n(C)c12. The molecular weight excluding hydrogens is 293 g/mol. The molecule has 0 aliphatic rings. The maximum atomic E-state index is 6.10. The minimum Gasteiger partial charge on any atom is -0.396 e. The van der Waals surface area contributed by atoms with Crippen molar-refractivity contribution in [2.45, 2.75) is 6.92 Å². The number of benzene rings is 2. The number of hydrogen-bond donors (Lipinski definition) is 1. The van der Waals surface area contributed by atoms with Crippen molar-refractivity contribution in [3.8, 4) is 11.4 Å². The number of imidazole rings is 1. The lowest BCUT2D eigenvalue weighted by Crippen LogP contribution is -1.95. The van der Waals surface area contributed by atoms with Crippen LogP contribution < -0.4 is 5.73 Å². The monoisotopic (exact) mass is 305 g/mol. The van der Waals surface area contributed by atoms with Crippen LogP contribution in [0.3, 0.4) is 0 Å². The second kappa shape index (κ2) is 4.69. The standard InChI is InChI=1S/C15H13Cl2N3/c1-8-4-3-5-12-14(8)20(2)15(19-12)9-6-10(16)13(18)11(17)7-9/h3-7H,18H2,1-2H3. The molecule has 0 fully saturated rings. The van der Waals surface area contributed by atoms with Crippen molar-refractivity contribution in [2.75, 3.05) is 5.73 Å². The van der Waals surface area contributed by atoms with E-state index in [2.05, 4.69) is 18.0 Å². The van der Waals surface area contributed by atoms with Crippen molar-refractivity contribution in [3.05, 3.63) is 45.9 Å². The Morgan fingerprint density at radius 3 is 2.40 bits per heavy atom. The third kappa shape index (κ3) is 1.94. The maximum Gasteiger partial charge on any atom is 0.140 e. The van der Waals surface area contributed by atoms with E-state index in [0.717, 1.165) is 22.4 Å². The van der Waals surface area contributed by atoms with E-state index in [1.807, 2.05) is 23.7 Å². The number of nitrogen functional groups attached to an aromatic ring is 1. The lowest BCUT2D eigenvalue weighted by atomic mass is 10.2. The first-order chi connectivity index (χ1) is 9.49. The van der Waals surface area contributed by atoms with Crippen molar-refractivity contribution in [1.29, 1.82) is 0 Å². The molecule has 3 rings (SSSR count). The normalized spacial score (nSPS) is 11.2. The van der Waals surface area contributed by atoms with E-state index in [1.54, 1.807) is 12.1 Å². The van der Waals surface area contributed by atoms with Crippen molar-refractivity contribution < 1.29 is 0 Å². The minimum atomic E-state index is 0.395. The molecule has 0 bridgehead atoms. The number of rotatable bonds is 1. The Kier molecular flexibility index (Phi) is 3.11. The molecule has 0 unspecified atom stereocenters. The van der Waals surface area contributed by atoms with E-state index in [4.69, 9.17) is 28.9 Å². The van der Waals surface area contributed by atoms with Gasteiger partial charge in [-0.15, -0.1) is 0 Å². The number of hydrogen-bond acceptors (Lipinski definition) is 2. The molecule has 0 radical (unpaired) electrons. The zero-order valence-electron chi connectivity index (χ0n) is 11.1. The molecule has 20 heavy (non-hydrogen) atoms. The van der Waals surface area contributed by atoms with Gasteiger partial charge in [-0.25, -0.2) is 4.98 Å². The molecule has 0 aliphatic heterocycles. The van der Waals surface area contributed by atoms with Gasteiger partial charge in [0.05, 0.1) is 26.8 Å². The molecule has 2 N–H and O–H groups in total. The van der Waals surface area contributed by atoms with Gasteiger partial charge in [0.1, 0.15) is 5.82 Å². The van der Waals surface area contributed by atoms with Gasteiger partial charge >= 0.3 is 0 Å². The van der Waals surface area contributed by atoms with Gasteiger partial charge in [0.15, 0.2) is 0 Å². The highest BCUT2D eigenvalue weighted by atomic mass is 35.5. The summed E-state index contributed by atoms with van der Waals surface area (Å²) in [7, 11) is 1.98. The second-order valence-electron chi connectivity index (χ2n) is 4.79. The fourth-order valence-corrected chi connectivity index (χ4v) is 2.92. The van der Waals surface area contributed by atoms with Gasteiger partial charge in [0.25, 0.3) is 0 Å². The number of nitrogens with zero attached hydrogens (tertiary/aromatic N) is 2. The molecule has 0 aliphatic carbocycles. The highest BCUT2D eigenvalue weighted by Crippen LogP contribution is 2.34. The van der Waals surface area contributed by atoms with E-state index in [1.165, 1.54) is 5.56 Å². The van der Waals surface area contributed by atoms with E-state index in [9.17, 15) is 0 Å². The predicted octanol–water partition coefficient (Wildman–Crippen LogP) is 4.44. The third-order valence-corrected chi connectivity index (χ3v) is 4.06. The fraction of sp³-hybridized carbons (Fsp3) is 0.133. The van der Waals surface area contributed by atoms with Crippen LogP contribution in [0.4, 0.5) is 5.69 Å². The summed E-state index contributed by atoms with van der Waals surface area (Å²) in [5, 5.41) is 0.882. The fourth-order valence-electron chi connectivity index (χ4n) is 2.44. The number of aromatic nitrogens is 2. The average Bonchev–Trinajstić information content (AvgIpc) is 2.74. The molecule has 0 saturated heterocycles. The van der Waals surface area contributed by atoms with Gasteiger partial charge in [0, 0.05) is 12.6 Å². The number of fused-ring (bicyclic) bond motifs is 1. The average molecular weight is 306 g/mol. The van der Waals surface area contributed by atoms with Gasteiger partial charge in [-0.1, -0.05) is 35.3 Å². The Morgan fingerprint density at radius 1 is 1.15 bits per heavy atom. The lowest BCUT2D eigenvalue weighted by molar-refractivity contribution is 0.955. The summed E-state index contributed by atoms with van der Waals surface area (Å²) in [6.07, 6.45) is 0. The van der Waals surface area contributed by atoms with Crippen LogP contribution in [-0.4, -0.2) is 9.55 Å². The van der Waals surface area contributed by atoms with Gasteiger partial charge in [-0.3, -0.25) is 0 Å². The highest BCUT2D eigenvalue weighted by Gasteiger charge is 2.14. The molecule has 102 valence electrons. The van der Waals surface area contributed by atoms with Crippen molar-refractivity contribution in [1.82, 2.24) is 9.55 Å². The maximum absolute atomic E-state index is 6.10. The Labute approximate surface area is 126 Å². The van der Waals surface area contributed by atoms with Crippen molar-refractivity contribution >= 4 is 39.9 Å². The number of aryl methyl sites for hydroxylation is 2. The molecule has 0 amide bonds. The van der Waals surface area contributed by atoms with Crippen LogP contribution in [-0.2, 0) is 7.05 Å². The summed E-state index contributed by atoms with van der Waals surface area (Å²) in [6.45, 7) is 2.07. The van der Waals surface area contributed by atoms with Crippen molar-refractivity contribution in [2.24, 2.45) is 7.05 Å². The largest absolute Gasteiger partial charge is 0.396 e. The van der Waals surface area contributed by atoms with Crippen LogP contribution in [0.1, 0.15) is 5.56 Å². The van der Waals surface area contributed by atoms with Crippen LogP contribution in [0.2, 0.25) is 10.0 Å². The van der Waals surface area contributed by atoms with Crippen LogP contribution in [0.25, 0.3) is 22.4 Å². The van der Waals surface area contributed by atoms with Crippen LogP contribution in [0, 0.1) is 6.92 Å². The quantitative estimate of drug-likeness (QED) is 0.676. The Bertz CT molecular complexity index is 798. The molecular formula is C15H13Cl2N3. The second-order valence-corrected chi connectivity index (χ2v) is 5.61. The highest BCUT2D eigenvalue weighted by molar-refractivity contribution is 6.39. The molecule has 0 saturated carbocycles. The summed E-state index contributed by atoms with van der Waals surface area (Å²) in [5.74, 6) is 0.818. The predicted molar refractivity (Wildman–Crippen MR) is 85.3 cm³/mol. The van der Waals surface area contributed by atoms with E-state index in [-0.39, 0.29) is 0 Å². The summed E-state index contributed by atoms with van der Waals surface area (Å²) >= 11 is 12.2. The Balaban J connectivity index is 2.30. The van der Waals surface area contributed by atoms with E-state index >= 15 is 0 Å². The summed E-state index contributed by atoms with van der Waals surface area (Å²) < 4.78 is 2.04. The number of anilines is 1. The molecule has 3 aromatic rings. The molecule has 5 heteroatoms. The number of para-hydroxylation sites is 1. The van der Waals surface area contributed by atoms with Crippen LogP contribution in [0.15, 0.2) is 30.3 Å². The van der Waals surface area contributed by atoms with E-state index in [0.29, 0.717) is 15.7 Å². The smallest absolute Gasteiger partial charge is 0.140 e. The minimum absolute atomic E-state index is 0.395. The number of nitrogens with two attached hydrogens (primary N) is 1. The van der Waals surface area contributed by atoms with Crippen molar-refractivity contribution in [3.63, 3.8) is 0 Å². The van der Waals surface area contributed by atoms with Crippen LogP contribution >= 0.6 is 23.2 Å². The molecule has 3 nitrogen and oxygen atoms in total. The van der Waals surface area contributed by atoms with Gasteiger partial charge in [0.2, 0.25) is 0 Å². The Hall–Kier alpha value is -1.71. The summed E-state index contributed by atoms with van der Waals surface area (Å²) in [4.78, 5) is 4.66. The summed E-state index contributed by atoms with van der Waals surface area (Å²) in [5.41, 5.74) is 10.3. The molecule has 2 aromatic carbocycles. The first-order valence-corrected chi connectivity index (χ1v) is 6.91. The summed E-state index contributed by atoms with van der Waals surface area (Å²) in [6, 6.07) is 9.64. The lowest BCUT2D eigenvalue weighted by Gasteiger charge is -2.07. The zero-order valence-corrected chi connectivity index (χ0v) is 12.6. The molecule has 1 heterocycles. The first-order valence-electron chi connectivity index (χ1n) is 6.16. The molecule has 0 spiro atoms. The third-order valence-electron chi connectivity index (χ3n) is 3.43. The van der Waals surface area contributed by atoms with Gasteiger partial charge in [-0.2, -0.15) is 0 Å². The van der Waals surface area contributed by atoms with Crippen LogP contribution in [0.5, 0.6) is 0 Å². The Morgan fingerprint density at radius 2 is 1.80 bits per heavy atom. The number of halogens is 2. The van der Waals surface area contributed by atoms with Gasteiger partial charge < -0.3 is 10.3 Å². The van der Waals surface area contributed by atoms with Gasteiger partial charge in [-0.05, 0) is 30.7 Å². The first kappa shape index (κ1) is 13.3. The zero-order chi connectivity index (χ0) is 14.4. The topological polar surface area (TPSA) is 43.8 Å². The molecule has 1 aromatic heterocycles. The molecule has 0 atom stereocenters.